The fourth-order valence-electron chi connectivity index (χ4n) is 3.25. The lowest BCUT2D eigenvalue weighted by Crippen LogP contribution is -2.36. The second-order valence-corrected chi connectivity index (χ2v) is 6.83. The van der Waals surface area contributed by atoms with Gasteiger partial charge in [-0.25, -0.2) is 0 Å². The van der Waals surface area contributed by atoms with Crippen LogP contribution in [-0.4, -0.2) is 38.0 Å². The number of alkyl halides is 3. The maximum absolute atomic E-state index is 12.8. The van der Waals surface area contributed by atoms with Gasteiger partial charge in [0.15, 0.2) is 5.82 Å². The average molecular weight is 390 g/mol. The number of aromatic nitrogens is 3. The average Bonchev–Trinajstić information content (AvgIpc) is 2.66. The van der Waals surface area contributed by atoms with Crippen molar-refractivity contribution in [2.24, 2.45) is 5.92 Å². The highest BCUT2D eigenvalue weighted by Gasteiger charge is 2.31. The van der Waals surface area contributed by atoms with Gasteiger partial charge in [0.05, 0.1) is 11.7 Å². The third kappa shape index (κ3) is 3.33. The van der Waals surface area contributed by atoms with Crippen LogP contribution in [0.15, 0.2) is 36.7 Å². The zero-order chi connectivity index (χ0) is 19.9. The van der Waals surface area contributed by atoms with E-state index in [2.05, 4.69) is 20.5 Å². The predicted octanol–water partition coefficient (Wildman–Crippen LogP) is 3.60. The molecule has 0 unspecified atom stereocenters. The molecule has 146 valence electrons. The van der Waals surface area contributed by atoms with Crippen molar-refractivity contribution in [3.05, 3.63) is 42.2 Å². The number of pyridine rings is 1. The van der Waals surface area contributed by atoms with Gasteiger partial charge in [0.25, 0.3) is 0 Å². The summed E-state index contributed by atoms with van der Waals surface area (Å²) in [6, 6.07) is 4.42. The Labute approximate surface area is 158 Å². The van der Waals surface area contributed by atoms with Crippen LogP contribution in [-0.2, 0) is 6.18 Å². The van der Waals surface area contributed by atoms with Crippen LogP contribution < -0.4 is 5.32 Å². The van der Waals surface area contributed by atoms with Gasteiger partial charge in [-0.05, 0) is 37.1 Å². The molecule has 1 saturated carbocycles. The maximum atomic E-state index is 12.8. The van der Waals surface area contributed by atoms with Gasteiger partial charge in [-0.2, -0.15) is 13.2 Å². The molecule has 3 aromatic rings. The fraction of sp³-hybridized carbons (Fsp3) is 0.316. The van der Waals surface area contributed by atoms with E-state index in [-0.39, 0.29) is 23.3 Å². The zero-order valence-corrected chi connectivity index (χ0v) is 14.6. The molecular weight excluding hydrogens is 373 g/mol. The third-order valence-corrected chi connectivity index (χ3v) is 5.07. The van der Waals surface area contributed by atoms with E-state index in [4.69, 9.17) is 0 Å². The number of benzene rings is 1. The van der Waals surface area contributed by atoms with Crippen molar-refractivity contribution < 1.29 is 23.4 Å². The first-order chi connectivity index (χ1) is 13.3. The molecule has 0 spiro atoms. The largest absolute Gasteiger partial charge is 0.507 e. The van der Waals surface area contributed by atoms with E-state index in [0.717, 1.165) is 18.9 Å². The summed E-state index contributed by atoms with van der Waals surface area (Å²) < 4.78 is 38.5. The number of rotatable bonds is 4. The van der Waals surface area contributed by atoms with Crippen LogP contribution in [0.3, 0.4) is 0 Å². The van der Waals surface area contributed by atoms with Gasteiger partial charge in [0.2, 0.25) is 0 Å². The van der Waals surface area contributed by atoms with Gasteiger partial charge >= 0.3 is 6.18 Å². The number of aromatic hydroxyl groups is 1. The second kappa shape index (κ2) is 6.90. The first kappa shape index (κ1) is 18.4. The topological polar surface area (TPSA) is 91.2 Å². The molecular formula is C19H17F3N4O2. The number of anilines is 1. The van der Waals surface area contributed by atoms with Gasteiger partial charge < -0.3 is 15.5 Å². The van der Waals surface area contributed by atoms with Crippen molar-refractivity contribution in [2.75, 3.05) is 11.9 Å². The van der Waals surface area contributed by atoms with E-state index in [9.17, 15) is 23.4 Å². The SMILES string of the molecule is Oc1cc(C(F)(F)F)ccc1-c1nnc(NC[C@@H]2CC[C@H]2O)c2cnccc12. The van der Waals surface area contributed by atoms with E-state index >= 15 is 0 Å². The number of fused-ring (bicyclic) bond motifs is 1. The molecule has 2 aromatic heterocycles. The molecule has 0 bridgehead atoms. The Bertz CT molecular complexity index is 1030. The van der Waals surface area contributed by atoms with E-state index in [1.165, 1.54) is 12.3 Å². The van der Waals surface area contributed by atoms with Gasteiger partial charge in [0.1, 0.15) is 11.4 Å². The summed E-state index contributed by atoms with van der Waals surface area (Å²) >= 11 is 0. The van der Waals surface area contributed by atoms with E-state index in [0.29, 0.717) is 29.2 Å². The Morgan fingerprint density at radius 3 is 2.57 bits per heavy atom. The number of nitrogens with zero attached hydrogens (tertiary/aromatic N) is 3. The molecule has 6 nitrogen and oxygen atoms in total. The Balaban J connectivity index is 1.72. The van der Waals surface area contributed by atoms with Crippen molar-refractivity contribution in [2.45, 2.75) is 25.1 Å². The zero-order valence-electron chi connectivity index (χ0n) is 14.6. The summed E-state index contributed by atoms with van der Waals surface area (Å²) in [6.45, 7) is 0.532. The van der Waals surface area contributed by atoms with Crippen molar-refractivity contribution in [1.29, 1.82) is 0 Å². The van der Waals surface area contributed by atoms with Crippen molar-refractivity contribution in [3.8, 4) is 17.0 Å². The van der Waals surface area contributed by atoms with Crippen LogP contribution in [0.2, 0.25) is 0 Å². The lowest BCUT2D eigenvalue weighted by atomic mass is 9.82. The van der Waals surface area contributed by atoms with E-state index in [1.807, 2.05) is 0 Å². The van der Waals surface area contributed by atoms with Crippen LogP contribution in [0.4, 0.5) is 19.0 Å². The Kier molecular flexibility index (Phi) is 4.54. The fourth-order valence-corrected chi connectivity index (χ4v) is 3.25. The highest BCUT2D eigenvalue weighted by Crippen LogP contribution is 2.38. The molecule has 1 aliphatic carbocycles. The van der Waals surface area contributed by atoms with E-state index < -0.39 is 17.5 Å². The Morgan fingerprint density at radius 2 is 1.93 bits per heavy atom. The molecule has 1 aliphatic rings. The van der Waals surface area contributed by atoms with Gasteiger partial charge in [-0.3, -0.25) is 4.98 Å². The summed E-state index contributed by atoms with van der Waals surface area (Å²) in [5, 5.41) is 32.5. The molecule has 1 aromatic carbocycles. The number of phenols is 1. The first-order valence-corrected chi connectivity index (χ1v) is 8.77. The smallest absolute Gasteiger partial charge is 0.416 e. The Hall–Kier alpha value is -2.94. The minimum absolute atomic E-state index is 0.146. The minimum atomic E-state index is -4.55. The molecule has 4 rings (SSSR count). The van der Waals surface area contributed by atoms with Crippen LogP contribution in [0.25, 0.3) is 22.0 Å². The number of aliphatic hydroxyl groups excluding tert-OH is 1. The highest BCUT2D eigenvalue weighted by molar-refractivity contribution is 6.00. The summed E-state index contributed by atoms with van der Waals surface area (Å²) in [7, 11) is 0. The third-order valence-electron chi connectivity index (χ3n) is 5.07. The predicted molar refractivity (Wildman–Crippen MR) is 96.7 cm³/mol. The summed E-state index contributed by atoms with van der Waals surface area (Å²) in [6.07, 6.45) is -0.0503. The lowest BCUT2D eigenvalue weighted by Gasteiger charge is -2.32. The van der Waals surface area contributed by atoms with Crippen LogP contribution >= 0.6 is 0 Å². The standard InChI is InChI=1S/C19H17F3N4O2/c20-19(21,22)11-2-3-13(16(28)7-11)17-12-5-6-23-9-14(12)18(26-25-17)24-8-10-1-4-15(10)27/h2-3,5-7,9-10,15,27-28H,1,4,8H2,(H,24,26)/t10-,15+/m0/s1. The maximum Gasteiger partial charge on any atom is 0.416 e. The van der Waals surface area contributed by atoms with Crippen LogP contribution in [0.1, 0.15) is 18.4 Å². The summed E-state index contributed by atoms with van der Waals surface area (Å²) in [5.41, 5.74) is -0.527. The molecule has 0 saturated heterocycles. The molecule has 9 heteroatoms. The van der Waals surface area contributed by atoms with Gasteiger partial charge in [0, 0.05) is 41.2 Å². The Morgan fingerprint density at radius 1 is 1.11 bits per heavy atom. The molecule has 28 heavy (non-hydrogen) atoms. The molecule has 2 heterocycles. The van der Waals surface area contributed by atoms with Crippen molar-refractivity contribution in [1.82, 2.24) is 15.2 Å². The van der Waals surface area contributed by atoms with Crippen molar-refractivity contribution >= 4 is 16.6 Å². The number of aliphatic hydroxyl groups is 1. The quantitative estimate of drug-likeness (QED) is 0.631. The van der Waals surface area contributed by atoms with E-state index in [1.54, 1.807) is 12.3 Å². The lowest BCUT2D eigenvalue weighted by molar-refractivity contribution is -0.137. The second-order valence-electron chi connectivity index (χ2n) is 6.83. The molecule has 2 atom stereocenters. The molecule has 0 radical (unpaired) electrons. The van der Waals surface area contributed by atoms with Crippen LogP contribution in [0.5, 0.6) is 5.75 Å². The molecule has 3 N–H and O–H groups in total. The molecule has 1 fully saturated rings. The first-order valence-electron chi connectivity index (χ1n) is 8.77. The normalized spacial score (nSPS) is 19.4. The number of nitrogens with one attached hydrogen (secondary N) is 1. The number of hydrogen-bond acceptors (Lipinski definition) is 6. The minimum Gasteiger partial charge on any atom is -0.507 e. The number of phenolic OH excluding ortho intramolecular Hbond substituents is 1. The summed E-state index contributed by atoms with van der Waals surface area (Å²) in [5.74, 6) is 0.0880. The summed E-state index contributed by atoms with van der Waals surface area (Å²) in [4.78, 5) is 4.08. The van der Waals surface area contributed by atoms with Crippen LogP contribution in [0, 0.1) is 5.92 Å². The highest BCUT2D eigenvalue weighted by atomic mass is 19.4. The van der Waals surface area contributed by atoms with Gasteiger partial charge in [-0.15, -0.1) is 10.2 Å². The van der Waals surface area contributed by atoms with Crippen molar-refractivity contribution in [3.63, 3.8) is 0 Å². The number of halogens is 3. The number of hydrogen-bond donors (Lipinski definition) is 3. The molecule has 0 amide bonds. The van der Waals surface area contributed by atoms with Gasteiger partial charge in [-0.1, -0.05) is 0 Å². The monoisotopic (exact) mass is 390 g/mol. The molecule has 0 aliphatic heterocycles.